The summed E-state index contributed by atoms with van der Waals surface area (Å²) in [5.41, 5.74) is 1.36. The summed E-state index contributed by atoms with van der Waals surface area (Å²) in [4.78, 5) is 4.15. The summed E-state index contributed by atoms with van der Waals surface area (Å²) < 4.78 is 3.45. The second kappa shape index (κ2) is 5.55. The number of nitrogens with zero attached hydrogens (tertiary/aromatic N) is 2. The topological polar surface area (TPSA) is 29.9 Å². The van der Waals surface area contributed by atoms with Crippen molar-refractivity contribution in [3.63, 3.8) is 0 Å². The molecule has 0 aromatic carbocycles. The lowest BCUT2D eigenvalue weighted by molar-refractivity contribution is 0.391. The van der Waals surface area contributed by atoms with E-state index in [1.807, 2.05) is 12.5 Å². The molecule has 1 aliphatic rings. The van der Waals surface area contributed by atoms with E-state index in [4.69, 9.17) is 0 Å². The van der Waals surface area contributed by atoms with Crippen LogP contribution in [0.2, 0.25) is 0 Å². The quantitative estimate of drug-likeness (QED) is 0.930. The van der Waals surface area contributed by atoms with Crippen LogP contribution in [0.4, 0.5) is 0 Å². The summed E-state index contributed by atoms with van der Waals surface area (Å²) in [5.74, 6) is 0. The maximum Gasteiger partial charge on any atom is 0.0949 e. The van der Waals surface area contributed by atoms with Crippen molar-refractivity contribution in [2.75, 3.05) is 0 Å². The average Bonchev–Trinajstić information content (AvgIpc) is 3.07. The second-order valence-electron chi connectivity index (χ2n) is 4.75. The van der Waals surface area contributed by atoms with E-state index in [1.165, 1.54) is 28.6 Å². The molecule has 1 aliphatic carbocycles. The molecule has 3 rings (SSSR count). The maximum absolute atomic E-state index is 4.15. The number of thiophene rings is 1. The molecule has 0 saturated heterocycles. The lowest BCUT2D eigenvalue weighted by Crippen LogP contribution is -2.32. The van der Waals surface area contributed by atoms with Gasteiger partial charge in [0.2, 0.25) is 0 Å². The van der Waals surface area contributed by atoms with Gasteiger partial charge in [0.1, 0.15) is 0 Å². The number of aromatic nitrogens is 2. The van der Waals surface area contributed by atoms with Gasteiger partial charge >= 0.3 is 0 Å². The third-order valence-corrected chi connectivity index (χ3v) is 5.13. The first-order valence-corrected chi connectivity index (χ1v) is 7.94. The summed E-state index contributed by atoms with van der Waals surface area (Å²) in [6.45, 7) is 0.956. The van der Waals surface area contributed by atoms with Gasteiger partial charge < -0.3 is 9.88 Å². The minimum atomic E-state index is 0.564. The number of hydrogen-bond acceptors (Lipinski definition) is 3. The van der Waals surface area contributed by atoms with E-state index in [2.05, 4.69) is 48.4 Å². The van der Waals surface area contributed by atoms with Crippen LogP contribution in [0.15, 0.2) is 34.0 Å². The fraction of sp³-hybridized carbons (Fsp3) is 0.462. The van der Waals surface area contributed by atoms with E-state index in [0.29, 0.717) is 12.1 Å². The molecule has 2 unspecified atom stereocenters. The highest BCUT2D eigenvalue weighted by Gasteiger charge is 2.27. The van der Waals surface area contributed by atoms with Crippen LogP contribution in [0.25, 0.3) is 0 Å². The van der Waals surface area contributed by atoms with Gasteiger partial charge in [-0.1, -0.05) is 0 Å². The molecule has 0 spiro atoms. The molecule has 0 radical (unpaired) electrons. The van der Waals surface area contributed by atoms with Gasteiger partial charge in [-0.05, 0) is 52.2 Å². The van der Waals surface area contributed by atoms with Crippen LogP contribution in [0, 0.1) is 0 Å². The molecule has 96 valence electrons. The molecule has 5 heteroatoms. The lowest BCUT2D eigenvalue weighted by Gasteiger charge is -2.22. The van der Waals surface area contributed by atoms with Gasteiger partial charge in [0, 0.05) is 31.0 Å². The zero-order chi connectivity index (χ0) is 12.4. The van der Waals surface area contributed by atoms with Crippen molar-refractivity contribution in [2.24, 2.45) is 0 Å². The third kappa shape index (κ3) is 2.68. The van der Waals surface area contributed by atoms with Gasteiger partial charge in [0.05, 0.1) is 10.1 Å². The van der Waals surface area contributed by atoms with Gasteiger partial charge in [-0.15, -0.1) is 11.3 Å². The van der Waals surface area contributed by atoms with E-state index in [-0.39, 0.29) is 0 Å². The summed E-state index contributed by atoms with van der Waals surface area (Å²) >= 11 is 5.25. The second-order valence-corrected chi connectivity index (χ2v) is 7.05. The Hall–Kier alpha value is -0.650. The highest BCUT2D eigenvalue weighted by molar-refractivity contribution is 9.11. The van der Waals surface area contributed by atoms with Crippen LogP contribution in [-0.2, 0) is 6.54 Å². The standard InChI is InChI=1S/C13H16BrN3S/c14-13-6-10(8-18-13)7-16-11-2-1-3-12(11)17-5-4-15-9-17/h4-6,8-9,11-12,16H,1-3,7H2. The predicted octanol–water partition coefficient (Wildman–Crippen LogP) is 3.59. The Morgan fingerprint density at radius 2 is 2.44 bits per heavy atom. The molecule has 0 bridgehead atoms. The molecular formula is C13H16BrN3S. The van der Waals surface area contributed by atoms with Gasteiger partial charge in [0.25, 0.3) is 0 Å². The zero-order valence-corrected chi connectivity index (χ0v) is 12.5. The van der Waals surface area contributed by atoms with Crippen molar-refractivity contribution in [2.45, 2.75) is 37.9 Å². The van der Waals surface area contributed by atoms with E-state index in [1.54, 1.807) is 11.3 Å². The van der Waals surface area contributed by atoms with E-state index < -0.39 is 0 Å². The molecule has 2 heterocycles. The van der Waals surface area contributed by atoms with Gasteiger partial charge in [-0.25, -0.2) is 4.98 Å². The Morgan fingerprint density at radius 1 is 1.50 bits per heavy atom. The highest BCUT2D eigenvalue weighted by atomic mass is 79.9. The van der Waals surface area contributed by atoms with Crippen molar-refractivity contribution in [3.05, 3.63) is 39.5 Å². The monoisotopic (exact) mass is 325 g/mol. The number of hydrogen-bond donors (Lipinski definition) is 1. The Bertz CT molecular complexity index is 494. The molecular weight excluding hydrogens is 310 g/mol. The van der Waals surface area contributed by atoms with Crippen LogP contribution in [0.3, 0.4) is 0 Å². The number of halogens is 1. The smallest absolute Gasteiger partial charge is 0.0949 e. The number of imidazole rings is 1. The molecule has 1 N–H and O–H groups in total. The van der Waals surface area contributed by atoms with Gasteiger partial charge in [0.15, 0.2) is 0 Å². The number of nitrogens with one attached hydrogen (secondary N) is 1. The molecule has 1 saturated carbocycles. The molecule has 18 heavy (non-hydrogen) atoms. The van der Waals surface area contributed by atoms with E-state index in [0.717, 1.165) is 6.54 Å². The first-order valence-electron chi connectivity index (χ1n) is 6.26. The Balaban J connectivity index is 1.62. The summed E-state index contributed by atoms with van der Waals surface area (Å²) in [7, 11) is 0. The van der Waals surface area contributed by atoms with Crippen LogP contribution in [0.1, 0.15) is 30.9 Å². The molecule has 3 nitrogen and oxygen atoms in total. The van der Waals surface area contributed by atoms with Crippen molar-refractivity contribution in [1.29, 1.82) is 0 Å². The van der Waals surface area contributed by atoms with Crippen LogP contribution >= 0.6 is 27.3 Å². The molecule has 2 aromatic heterocycles. The van der Waals surface area contributed by atoms with Crippen LogP contribution in [-0.4, -0.2) is 15.6 Å². The minimum absolute atomic E-state index is 0.564. The van der Waals surface area contributed by atoms with Crippen LogP contribution in [0.5, 0.6) is 0 Å². The van der Waals surface area contributed by atoms with Crippen LogP contribution < -0.4 is 5.32 Å². The third-order valence-electron chi connectivity index (χ3n) is 3.58. The van der Waals surface area contributed by atoms with Crippen molar-refractivity contribution < 1.29 is 0 Å². The predicted molar refractivity (Wildman–Crippen MR) is 77.8 cm³/mol. The van der Waals surface area contributed by atoms with E-state index >= 15 is 0 Å². The first-order chi connectivity index (χ1) is 8.83. The lowest BCUT2D eigenvalue weighted by atomic mass is 10.1. The Morgan fingerprint density at radius 3 is 3.17 bits per heavy atom. The highest BCUT2D eigenvalue weighted by Crippen LogP contribution is 2.30. The molecule has 0 aliphatic heterocycles. The Kier molecular flexibility index (Phi) is 3.82. The number of rotatable bonds is 4. The fourth-order valence-electron chi connectivity index (χ4n) is 2.69. The summed E-state index contributed by atoms with van der Waals surface area (Å²) in [6, 6.07) is 3.33. The summed E-state index contributed by atoms with van der Waals surface area (Å²) in [5, 5.41) is 5.89. The maximum atomic E-state index is 4.15. The minimum Gasteiger partial charge on any atom is -0.333 e. The first kappa shape index (κ1) is 12.4. The van der Waals surface area contributed by atoms with Gasteiger partial charge in [-0.2, -0.15) is 0 Å². The summed E-state index contributed by atoms with van der Waals surface area (Å²) in [6.07, 6.45) is 9.69. The van der Waals surface area contributed by atoms with E-state index in [9.17, 15) is 0 Å². The average molecular weight is 326 g/mol. The fourth-order valence-corrected chi connectivity index (χ4v) is 3.90. The Labute approximate surface area is 119 Å². The van der Waals surface area contributed by atoms with Crippen molar-refractivity contribution in [3.8, 4) is 0 Å². The van der Waals surface area contributed by atoms with Crippen molar-refractivity contribution in [1.82, 2.24) is 14.9 Å². The largest absolute Gasteiger partial charge is 0.333 e. The molecule has 0 amide bonds. The molecule has 2 atom stereocenters. The van der Waals surface area contributed by atoms with Crippen molar-refractivity contribution >= 4 is 27.3 Å². The zero-order valence-electron chi connectivity index (χ0n) is 10.1. The normalized spacial score (nSPS) is 23.6. The SMILES string of the molecule is Brc1cc(CNC2CCCC2n2ccnc2)cs1. The molecule has 2 aromatic rings. The van der Waals surface area contributed by atoms with Gasteiger partial charge in [-0.3, -0.25) is 0 Å². The molecule has 1 fully saturated rings.